The van der Waals surface area contributed by atoms with Gasteiger partial charge in [-0.2, -0.15) is 0 Å². The van der Waals surface area contributed by atoms with Crippen molar-refractivity contribution in [3.63, 3.8) is 0 Å². The smallest absolute Gasteiger partial charge is 0.336 e. The maximum absolute atomic E-state index is 12.2. The number of hydrogen-bond acceptors (Lipinski definition) is 4. The number of aryl methyl sites for hydroxylation is 2. The topological polar surface area (TPSA) is 53.1 Å². The van der Waals surface area contributed by atoms with Gasteiger partial charge in [0.2, 0.25) is 0 Å². The van der Waals surface area contributed by atoms with Crippen LogP contribution in [0.3, 0.4) is 0 Å². The van der Waals surface area contributed by atoms with Gasteiger partial charge in [0.15, 0.2) is 11.5 Å². The van der Waals surface area contributed by atoms with Gasteiger partial charge in [-0.3, -0.25) is 0 Å². The van der Waals surface area contributed by atoms with Gasteiger partial charge in [0, 0.05) is 35.4 Å². The van der Waals surface area contributed by atoms with E-state index in [1.807, 2.05) is 19.9 Å². The zero-order valence-corrected chi connectivity index (χ0v) is 16.9. The van der Waals surface area contributed by atoms with Crippen molar-refractivity contribution >= 4 is 11.0 Å². The van der Waals surface area contributed by atoms with E-state index >= 15 is 0 Å². The third kappa shape index (κ3) is 3.29. The van der Waals surface area contributed by atoms with Gasteiger partial charge in [-0.15, -0.1) is 0 Å². The van der Waals surface area contributed by atoms with Crippen molar-refractivity contribution in [2.75, 3.05) is 19.8 Å². The molecule has 1 N–H and O–H groups in total. The second-order valence-electron chi connectivity index (χ2n) is 8.16. The molecule has 2 aromatic carbocycles. The van der Waals surface area contributed by atoms with Crippen molar-refractivity contribution in [1.29, 1.82) is 0 Å². The van der Waals surface area contributed by atoms with E-state index < -0.39 is 0 Å². The van der Waals surface area contributed by atoms with Crippen molar-refractivity contribution in [1.82, 2.24) is 0 Å². The number of likely N-dealkylation sites (tertiary alicyclic amines) is 1. The van der Waals surface area contributed by atoms with Crippen LogP contribution in [0.4, 0.5) is 0 Å². The van der Waals surface area contributed by atoms with E-state index in [1.54, 1.807) is 6.07 Å². The molecule has 1 saturated heterocycles. The summed E-state index contributed by atoms with van der Waals surface area (Å²) in [5.41, 5.74) is 4.99. The van der Waals surface area contributed by atoms with Crippen LogP contribution in [0.2, 0.25) is 0 Å². The molecule has 0 radical (unpaired) electrons. The van der Waals surface area contributed by atoms with Crippen LogP contribution in [0, 0.1) is 13.8 Å². The van der Waals surface area contributed by atoms with Crippen molar-refractivity contribution in [2.45, 2.75) is 39.3 Å². The highest BCUT2D eigenvalue weighted by Gasteiger charge is 2.31. The molecule has 0 amide bonds. The van der Waals surface area contributed by atoms with E-state index in [-0.39, 0.29) is 5.63 Å². The van der Waals surface area contributed by atoms with E-state index in [2.05, 4.69) is 24.3 Å². The van der Waals surface area contributed by atoms with Crippen LogP contribution in [0.25, 0.3) is 11.0 Å². The lowest BCUT2D eigenvalue weighted by atomic mass is 10.0. The van der Waals surface area contributed by atoms with Gasteiger partial charge in [0.25, 0.3) is 0 Å². The quantitative estimate of drug-likeness (QED) is 0.696. The summed E-state index contributed by atoms with van der Waals surface area (Å²) in [4.78, 5) is 13.7. The molecule has 3 aromatic rings. The molecule has 0 aliphatic carbocycles. The number of benzene rings is 2. The second kappa shape index (κ2) is 7.23. The van der Waals surface area contributed by atoms with Gasteiger partial charge in [0.05, 0.1) is 6.54 Å². The summed E-state index contributed by atoms with van der Waals surface area (Å²) in [5.74, 6) is 1.67. The first kappa shape index (κ1) is 18.3. The van der Waals surface area contributed by atoms with Crippen LogP contribution in [-0.2, 0) is 6.54 Å². The lowest BCUT2D eigenvalue weighted by molar-refractivity contribution is -0.931. The Kier molecular flexibility index (Phi) is 4.55. The highest BCUT2D eigenvalue weighted by atomic mass is 16.6. The predicted molar refractivity (Wildman–Crippen MR) is 111 cm³/mol. The molecule has 150 valence electrons. The lowest BCUT2D eigenvalue weighted by Crippen LogP contribution is -3.08. The fourth-order valence-corrected chi connectivity index (χ4v) is 4.72. The molecule has 1 unspecified atom stereocenters. The molecule has 29 heavy (non-hydrogen) atoms. The number of ether oxygens (including phenoxy) is 2. The molecule has 0 bridgehead atoms. The molecule has 5 heteroatoms. The summed E-state index contributed by atoms with van der Waals surface area (Å²) in [6.07, 6.45) is 2.30. The maximum atomic E-state index is 12.2. The second-order valence-corrected chi connectivity index (χ2v) is 8.16. The Morgan fingerprint density at radius 2 is 1.86 bits per heavy atom. The lowest BCUT2D eigenvalue weighted by Gasteiger charge is -2.24. The van der Waals surface area contributed by atoms with Gasteiger partial charge in [0.1, 0.15) is 31.4 Å². The van der Waals surface area contributed by atoms with Gasteiger partial charge in [-0.1, -0.05) is 12.1 Å². The monoisotopic (exact) mass is 392 g/mol. The minimum absolute atomic E-state index is 0.268. The zero-order valence-electron chi connectivity index (χ0n) is 16.9. The summed E-state index contributed by atoms with van der Waals surface area (Å²) < 4.78 is 17.0. The zero-order chi connectivity index (χ0) is 20.0. The first-order valence-electron chi connectivity index (χ1n) is 10.4. The van der Waals surface area contributed by atoms with Gasteiger partial charge < -0.3 is 18.8 Å². The van der Waals surface area contributed by atoms with Crippen LogP contribution in [0.5, 0.6) is 11.5 Å². The Balaban J connectivity index is 1.49. The molecule has 2 aliphatic rings. The minimum atomic E-state index is -0.268. The molecule has 1 fully saturated rings. The Hall–Kier alpha value is -2.79. The molecule has 5 nitrogen and oxygen atoms in total. The van der Waals surface area contributed by atoms with Gasteiger partial charge in [-0.25, -0.2) is 4.79 Å². The van der Waals surface area contributed by atoms with Crippen LogP contribution in [0.1, 0.15) is 41.1 Å². The molecular weight excluding hydrogens is 366 g/mol. The molecule has 2 aliphatic heterocycles. The van der Waals surface area contributed by atoms with Crippen molar-refractivity contribution in [3.05, 3.63) is 69.1 Å². The Morgan fingerprint density at radius 3 is 2.72 bits per heavy atom. The first-order valence-corrected chi connectivity index (χ1v) is 10.4. The molecule has 1 aromatic heterocycles. The first-order chi connectivity index (χ1) is 14.1. The summed E-state index contributed by atoms with van der Waals surface area (Å²) in [5, 5.41) is 1.05. The Morgan fingerprint density at radius 1 is 1.03 bits per heavy atom. The molecule has 2 atom stereocenters. The average Bonchev–Trinajstić information content (AvgIpc) is 3.19. The molecule has 5 rings (SSSR count). The fourth-order valence-electron chi connectivity index (χ4n) is 4.72. The number of hydrogen-bond donors (Lipinski definition) is 1. The Labute approximate surface area is 169 Å². The third-order valence-electron chi connectivity index (χ3n) is 6.39. The van der Waals surface area contributed by atoms with Crippen LogP contribution >= 0.6 is 0 Å². The summed E-state index contributed by atoms with van der Waals surface area (Å²) in [7, 11) is 0. The van der Waals surface area contributed by atoms with E-state index in [4.69, 9.17) is 13.9 Å². The molecule has 0 spiro atoms. The Bertz CT molecular complexity index is 1130. The minimum Gasteiger partial charge on any atom is -0.486 e. The van der Waals surface area contributed by atoms with Gasteiger partial charge >= 0.3 is 5.63 Å². The maximum Gasteiger partial charge on any atom is 0.336 e. The van der Waals surface area contributed by atoms with E-state index in [0.717, 1.165) is 58.7 Å². The number of nitrogens with one attached hydrogen (secondary N) is 1. The third-order valence-corrected chi connectivity index (χ3v) is 6.39. The van der Waals surface area contributed by atoms with E-state index in [1.165, 1.54) is 16.9 Å². The number of fused-ring (bicyclic) bond motifs is 2. The largest absolute Gasteiger partial charge is 0.486 e. The highest BCUT2D eigenvalue weighted by molar-refractivity contribution is 5.83. The van der Waals surface area contributed by atoms with Crippen molar-refractivity contribution in [3.8, 4) is 11.5 Å². The molecule has 3 heterocycles. The van der Waals surface area contributed by atoms with E-state index in [0.29, 0.717) is 19.3 Å². The fraction of sp³-hybridized carbons (Fsp3) is 0.375. The highest BCUT2D eigenvalue weighted by Crippen LogP contribution is 2.34. The van der Waals surface area contributed by atoms with Crippen molar-refractivity contribution in [2.24, 2.45) is 0 Å². The molecule has 0 saturated carbocycles. The van der Waals surface area contributed by atoms with Crippen molar-refractivity contribution < 1.29 is 18.8 Å². The van der Waals surface area contributed by atoms with Crippen LogP contribution < -0.4 is 20.0 Å². The summed E-state index contributed by atoms with van der Waals surface area (Å²) in [6.45, 7) is 7.17. The van der Waals surface area contributed by atoms with E-state index in [9.17, 15) is 4.79 Å². The predicted octanol–water partition coefficient (Wildman–Crippen LogP) is 3.10. The normalized spacial score (nSPS) is 20.9. The summed E-state index contributed by atoms with van der Waals surface area (Å²) >= 11 is 0. The van der Waals surface area contributed by atoms with Crippen LogP contribution in [-0.4, -0.2) is 19.8 Å². The molecular formula is C24H26NO4+. The number of quaternary nitrogens is 1. The number of rotatable bonds is 3. The average molecular weight is 392 g/mol. The van der Waals surface area contributed by atoms with Crippen LogP contribution in [0.15, 0.2) is 45.6 Å². The summed E-state index contributed by atoms with van der Waals surface area (Å²) in [6, 6.07) is 12.6. The SMILES string of the molecule is Cc1ccc2c(C[NH+]3CCC[C@@H]3c3ccc4c(c3)OCCO4)cc(=O)oc2c1C. The van der Waals surface area contributed by atoms with Gasteiger partial charge in [-0.05, 0) is 43.2 Å². The standard InChI is InChI=1S/C24H25NO4/c1-15-5-7-19-18(13-23(26)29-24(19)16(15)2)14-25-9-3-4-20(25)17-6-8-21-22(12-17)28-11-10-27-21/h5-8,12-13,20H,3-4,9-11,14H2,1-2H3/p+1/t20-/m1/s1.